The van der Waals surface area contributed by atoms with Crippen LogP contribution in [0.3, 0.4) is 0 Å². The van der Waals surface area contributed by atoms with Crippen molar-refractivity contribution in [2.45, 2.75) is 6.54 Å². The van der Waals surface area contributed by atoms with Gasteiger partial charge >= 0.3 is 0 Å². The third-order valence-electron chi connectivity index (χ3n) is 1.66. The van der Waals surface area contributed by atoms with Gasteiger partial charge in [0.05, 0.1) is 6.54 Å². The lowest BCUT2D eigenvalue weighted by atomic mass is 10.5. The number of nitrogens with zero attached hydrogens (tertiary/aromatic N) is 4. The Bertz CT molecular complexity index is 420. The average molecular weight is 206 g/mol. The van der Waals surface area contributed by atoms with Crippen molar-refractivity contribution in [3.63, 3.8) is 0 Å². The predicted octanol–water partition coefficient (Wildman–Crippen LogP) is 0.130. The molecule has 2 aromatic rings. The minimum absolute atomic E-state index is 0.405. The zero-order chi connectivity index (χ0) is 10.5. The topological polar surface area (TPSA) is 92.5 Å². The molecule has 2 rings (SSSR count). The van der Waals surface area contributed by atoms with Crippen molar-refractivity contribution < 1.29 is 4.52 Å². The first kappa shape index (κ1) is 9.53. The smallest absolute Gasteiger partial charge is 0.241 e. The molecule has 2 heterocycles. The van der Waals surface area contributed by atoms with Crippen LogP contribution in [0, 0.1) is 0 Å². The van der Waals surface area contributed by atoms with Gasteiger partial charge in [0.15, 0.2) is 5.82 Å². The van der Waals surface area contributed by atoms with Crippen molar-refractivity contribution in [2.24, 2.45) is 0 Å². The Labute approximate surface area is 85.6 Å². The summed E-state index contributed by atoms with van der Waals surface area (Å²) >= 11 is 0. The standard InChI is InChI=1S/C8H10N6O/c1-2-3-9-4-6-12-8(14-15-6)7-10-5-11-13-7/h2,5,9H,1,3-4H2,(H,10,11,13). The van der Waals surface area contributed by atoms with Gasteiger partial charge in [-0.25, -0.2) is 4.98 Å². The largest absolute Gasteiger partial charge is 0.337 e. The Balaban J connectivity index is 2.01. The third kappa shape index (κ3) is 2.26. The molecule has 7 heteroatoms. The molecule has 0 saturated carbocycles. The summed E-state index contributed by atoms with van der Waals surface area (Å²) in [6.45, 7) is 4.79. The lowest BCUT2D eigenvalue weighted by molar-refractivity contribution is 0.370. The first-order chi connectivity index (χ1) is 7.40. The fourth-order valence-corrected chi connectivity index (χ4v) is 1.02. The molecule has 2 aromatic heterocycles. The van der Waals surface area contributed by atoms with Crippen LogP contribution in [0.25, 0.3) is 11.6 Å². The van der Waals surface area contributed by atoms with E-state index in [1.54, 1.807) is 6.08 Å². The maximum atomic E-state index is 4.99. The molecule has 15 heavy (non-hydrogen) atoms. The van der Waals surface area contributed by atoms with E-state index >= 15 is 0 Å². The van der Waals surface area contributed by atoms with Crippen molar-refractivity contribution in [3.8, 4) is 11.6 Å². The van der Waals surface area contributed by atoms with Crippen LogP contribution in [-0.2, 0) is 6.54 Å². The molecule has 7 nitrogen and oxygen atoms in total. The van der Waals surface area contributed by atoms with E-state index in [0.717, 1.165) is 0 Å². The second kappa shape index (κ2) is 4.47. The zero-order valence-electron chi connectivity index (χ0n) is 7.97. The summed E-state index contributed by atoms with van der Waals surface area (Å²) in [6.07, 6.45) is 3.15. The Morgan fingerprint density at radius 1 is 1.60 bits per heavy atom. The molecule has 0 aliphatic carbocycles. The summed E-state index contributed by atoms with van der Waals surface area (Å²) in [6, 6.07) is 0. The highest BCUT2D eigenvalue weighted by atomic mass is 16.5. The minimum atomic E-state index is 0.405. The SMILES string of the molecule is C=CCNCc1nc(-c2ncn[nH]2)no1. The van der Waals surface area contributed by atoms with Crippen LogP contribution in [0.5, 0.6) is 0 Å². The fraction of sp³-hybridized carbons (Fsp3) is 0.250. The molecule has 0 unspecified atom stereocenters. The maximum Gasteiger partial charge on any atom is 0.241 e. The van der Waals surface area contributed by atoms with E-state index in [9.17, 15) is 0 Å². The quantitative estimate of drug-likeness (QED) is 0.533. The molecule has 0 aliphatic rings. The van der Waals surface area contributed by atoms with Gasteiger partial charge in [-0.3, -0.25) is 5.10 Å². The molecule has 0 radical (unpaired) electrons. The summed E-state index contributed by atoms with van der Waals surface area (Å²) in [5.74, 6) is 1.40. The predicted molar refractivity (Wildman–Crippen MR) is 51.6 cm³/mol. The minimum Gasteiger partial charge on any atom is -0.337 e. The van der Waals surface area contributed by atoms with E-state index in [0.29, 0.717) is 30.6 Å². The van der Waals surface area contributed by atoms with Gasteiger partial charge in [-0.05, 0) is 0 Å². The van der Waals surface area contributed by atoms with Crippen LogP contribution in [0.2, 0.25) is 0 Å². The highest BCUT2D eigenvalue weighted by Gasteiger charge is 2.09. The Morgan fingerprint density at radius 3 is 3.27 bits per heavy atom. The number of aromatic nitrogens is 5. The normalized spacial score (nSPS) is 10.4. The Hall–Kier alpha value is -2.02. The first-order valence-corrected chi connectivity index (χ1v) is 4.40. The van der Waals surface area contributed by atoms with Crippen LogP contribution in [0.1, 0.15) is 5.89 Å². The summed E-state index contributed by atoms with van der Waals surface area (Å²) in [7, 11) is 0. The average Bonchev–Trinajstić information content (AvgIpc) is 2.87. The monoisotopic (exact) mass is 206 g/mol. The summed E-state index contributed by atoms with van der Waals surface area (Å²) in [4.78, 5) is 8.02. The lowest BCUT2D eigenvalue weighted by Crippen LogP contribution is -2.12. The molecule has 0 bridgehead atoms. The summed E-state index contributed by atoms with van der Waals surface area (Å²) < 4.78 is 4.99. The second-order valence-corrected chi connectivity index (χ2v) is 2.77. The van der Waals surface area contributed by atoms with E-state index in [2.05, 4.69) is 37.2 Å². The van der Waals surface area contributed by atoms with Gasteiger partial charge in [0.1, 0.15) is 6.33 Å². The van der Waals surface area contributed by atoms with E-state index in [1.165, 1.54) is 6.33 Å². The van der Waals surface area contributed by atoms with Crippen LogP contribution in [0.4, 0.5) is 0 Å². The van der Waals surface area contributed by atoms with E-state index in [-0.39, 0.29) is 0 Å². The second-order valence-electron chi connectivity index (χ2n) is 2.77. The molecular formula is C8H10N6O. The van der Waals surface area contributed by atoms with Gasteiger partial charge in [0, 0.05) is 6.54 Å². The van der Waals surface area contributed by atoms with Crippen molar-refractivity contribution in [1.82, 2.24) is 30.6 Å². The van der Waals surface area contributed by atoms with E-state index in [1.807, 2.05) is 0 Å². The zero-order valence-corrected chi connectivity index (χ0v) is 7.97. The molecule has 0 atom stereocenters. The van der Waals surface area contributed by atoms with Gasteiger partial charge in [-0.15, -0.1) is 6.58 Å². The molecule has 0 amide bonds. The van der Waals surface area contributed by atoms with Crippen LogP contribution in [0.15, 0.2) is 23.5 Å². The molecule has 0 spiro atoms. The van der Waals surface area contributed by atoms with Gasteiger partial charge in [0.25, 0.3) is 0 Å². The van der Waals surface area contributed by atoms with Gasteiger partial charge in [0.2, 0.25) is 11.7 Å². The molecule has 78 valence electrons. The maximum absolute atomic E-state index is 4.99. The number of H-pyrrole nitrogens is 1. The van der Waals surface area contributed by atoms with Crippen molar-refractivity contribution in [2.75, 3.05) is 6.54 Å². The molecule has 2 N–H and O–H groups in total. The molecule has 0 aliphatic heterocycles. The van der Waals surface area contributed by atoms with Gasteiger partial charge in [-0.1, -0.05) is 11.2 Å². The van der Waals surface area contributed by atoms with Crippen molar-refractivity contribution in [3.05, 3.63) is 24.9 Å². The van der Waals surface area contributed by atoms with Gasteiger partial charge < -0.3 is 9.84 Å². The highest BCUT2D eigenvalue weighted by molar-refractivity contribution is 5.39. The number of hydrogen-bond donors (Lipinski definition) is 2. The van der Waals surface area contributed by atoms with E-state index < -0.39 is 0 Å². The lowest BCUT2D eigenvalue weighted by Gasteiger charge is -1.93. The molecular weight excluding hydrogens is 196 g/mol. The molecule has 0 aromatic carbocycles. The number of nitrogens with one attached hydrogen (secondary N) is 2. The summed E-state index contributed by atoms with van der Waals surface area (Å²) in [5, 5.41) is 13.1. The molecule has 0 saturated heterocycles. The Kier molecular flexibility index (Phi) is 2.84. The van der Waals surface area contributed by atoms with Crippen molar-refractivity contribution in [1.29, 1.82) is 0 Å². The summed E-state index contributed by atoms with van der Waals surface area (Å²) in [5.41, 5.74) is 0. The number of rotatable bonds is 5. The molecule has 0 fully saturated rings. The Morgan fingerprint density at radius 2 is 2.53 bits per heavy atom. The van der Waals surface area contributed by atoms with E-state index in [4.69, 9.17) is 4.52 Å². The van der Waals surface area contributed by atoms with Crippen molar-refractivity contribution >= 4 is 0 Å². The highest BCUT2D eigenvalue weighted by Crippen LogP contribution is 2.07. The number of aromatic amines is 1. The number of hydrogen-bond acceptors (Lipinski definition) is 6. The first-order valence-electron chi connectivity index (χ1n) is 4.40. The third-order valence-corrected chi connectivity index (χ3v) is 1.66. The van der Waals surface area contributed by atoms with Gasteiger partial charge in [-0.2, -0.15) is 10.1 Å². The van der Waals surface area contributed by atoms with Crippen LogP contribution in [-0.4, -0.2) is 31.9 Å². The van der Waals surface area contributed by atoms with Crippen LogP contribution < -0.4 is 5.32 Å². The van der Waals surface area contributed by atoms with Crippen LogP contribution >= 0.6 is 0 Å². The fourth-order valence-electron chi connectivity index (χ4n) is 1.02.